The molecule has 1 heterocycles. The van der Waals surface area contributed by atoms with Crippen LogP contribution in [0.4, 0.5) is 4.79 Å². The summed E-state index contributed by atoms with van der Waals surface area (Å²) < 4.78 is 17.2. The van der Waals surface area contributed by atoms with E-state index in [1.807, 2.05) is 45.0 Å². The molecule has 1 N–H and O–H groups in total. The van der Waals surface area contributed by atoms with E-state index in [1.165, 1.54) is 6.08 Å². The zero-order chi connectivity index (χ0) is 28.6. The van der Waals surface area contributed by atoms with Gasteiger partial charge in [-0.05, 0) is 67.3 Å². The van der Waals surface area contributed by atoms with Gasteiger partial charge in [0.2, 0.25) is 0 Å². The van der Waals surface area contributed by atoms with Crippen LogP contribution < -0.4 is 19.5 Å². The van der Waals surface area contributed by atoms with Crippen molar-refractivity contribution in [3.05, 3.63) is 93.5 Å². The van der Waals surface area contributed by atoms with Crippen molar-refractivity contribution >= 4 is 35.5 Å². The van der Waals surface area contributed by atoms with E-state index in [4.69, 9.17) is 25.8 Å². The second kappa shape index (κ2) is 13.2. The summed E-state index contributed by atoms with van der Waals surface area (Å²) in [6, 6.07) is 17.4. The molecule has 0 aromatic heterocycles. The maximum Gasteiger partial charge on any atom is 0.331 e. The normalized spacial score (nSPS) is 14.3. The number of imide groups is 2. The van der Waals surface area contributed by atoms with E-state index in [2.05, 4.69) is 5.32 Å². The molecule has 8 nitrogen and oxygen atoms in total. The second-order valence-corrected chi connectivity index (χ2v) is 9.64. The van der Waals surface area contributed by atoms with Crippen LogP contribution in [0.5, 0.6) is 17.2 Å². The molecule has 1 saturated heterocycles. The highest BCUT2D eigenvalue weighted by Crippen LogP contribution is 2.31. The van der Waals surface area contributed by atoms with Crippen molar-refractivity contribution in [1.29, 1.82) is 0 Å². The number of barbiturate groups is 1. The number of benzene rings is 3. The third-order valence-corrected chi connectivity index (χ3v) is 6.37. The molecule has 3 aromatic carbocycles. The molecule has 0 atom stereocenters. The van der Waals surface area contributed by atoms with Gasteiger partial charge in [0, 0.05) is 0 Å². The number of ether oxygens (including phenoxy) is 3. The Morgan fingerprint density at radius 3 is 2.27 bits per heavy atom. The van der Waals surface area contributed by atoms with Gasteiger partial charge in [0.25, 0.3) is 11.8 Å². The molecular weight excluding hydrogens is 532 g/mol. The Balaban J connectivity index is 1.50. The third kappa shape index (κ3) is 7.01. The molecule has 9 heteroatoms. The number of carbonyl (C=O) groups excluding carboxylic acids is 3. The lowest BCUT2D eigenvalue weighted by Crippen LogP contribution is -2.53. The number of amides is 4. The molecule has 0 bridgehead atoms. The molecule has 0 radical (unpaired) electrons. The molecule has 1 aliphatic heterocycles. The summed E-state index contributed by atoms with van der Waals surface area (Å²) in [6.07, 6.45) is 2.24. The number of hydrogen-bond donors (Lipinski definition) is 1. The maximum absolute atomic E-state index is 13.3. The fourth-order valence-electron chi connectivity index (χ4n) is 4.01. The first kappa shape index (κ1) is 28.7. The highest BCUT2D eigenvalue weighted by atomic mass is 35.5. The Kier molecular flexibility index (Phi) is 9.45. The zero-order valence-corrected chi connectivity index (χ0v) is 23.4. The summed E-state index contributed by atoms with van der Waals surface area (Å²) in [6.45, 7) is 7.12. The molecule has 1 fully saturated rings. The average molecular weight is 563 g/mol. The Morgan fingerprint density at radius 1 is 0.850 bits per heavy atom. The predicted molar refractivity (Wildman–Crippen MR) is 152 cm³/mol. The van der Waals surface area contributed by atoms with Crippen molar-refractivity contribution in [3.63, 3.8) is 0 Å². The molecule has 4 rings (SSSR count). The van der Waals surface area contributed by atoms with Crippen LogP contribution in [-0.2, 0) is 22.7 Å². The van der Waals surface area contributed by atoms with Crippen molar-refractivity contribution in [2.75, 3.05) is 13.2 Å². The number of aryl methyl sites for hydroxylation is 1. The first-order valence-electron chi connectivity index (χ1n) is 13.0. The Bertz CT molecular complexity index is 1430. The summed E-state index contributed by atoms with van der Waals surface area (Å²) in [5.41, 5.74) is 3.13. The van der Waals surface area contributed by atoms with Gasteiger partial charge in [-0.25, -0.2) is 4.79 Å². The van der Waals surface area contributed by atoms with Crippen molar-refractivity contribution in [2.45, 2.75) is 40.3 Å². The van der Waals surface area contributed by atoms with E-state index < -0.39 is 17.8 Å². The van der Waals surface area contributed by atoms with Gasteiger partial charge >= 0.3 is 6.03 Å². The summed E-state index contributed by atoms with van der Waals surface area (Å²) in [5.74, 6) is 0.0802. The minimum Gasteiger partial charge on any atom is -0.490 e. The van der Waals surface area contributed by atoms with Gasteiger partial charge in [0.15, 0.2) is 11.5 Å². The molecule has 0 spiro atoms. The Hall–Kier alpha value is -4.30. The summed E-state index contributed by atoms with van der Waals surface area (Å²) >= 11 is 6.43. The molecule has 0 saturated carbocycles. The van der Waals surface area contributed by atoms with Crippen LogP contribution in [0.25, 0.3) is 6.08 Å². The standard InChI is InChI=1S/C31H31ClN2O6/c1-4-14-39-27-13-11-23(17-28(27)38-5-2)18-34-30(36)24(29(35)33-31(34)37)15-22-10-12-26(25(32)16-22)40-19-21-8-6-20(3)7-9-21/h6-13,15-17H,4-5,14,18-19H2,1-3H3,(H,33,35,37)/b24-15+. The van der Waals surface area contributed by atoms with Gasteiger partial charge in [-0.1, -0.05) is 60.5 Å². The van der Waals surface area contributed by atoms with Gasteiger partial charge in [-0.15, -0.1) is 0 Å². The second-order valence-electron chi connectivity index (χ2n) is 9.24. The van der Waals surface area contributed by atoms with E-state index in [9.17, 15) is 14.4 Å². The van der Waals surface area contributed by atoms with E-state index in [0.717, 1.165) is 22.4 Å². The molecule has 0 unspecified atom stereocenters. The average Bonchev–Trinajstić information content (AvgIpc) is 2.93. The quantitative estimate of drug-likeness (QED) is 0.225. The lowest BCUT2D eigenvalue weighted by atomic mass is 10.1. The predicted octanol–water partition coefficient (Wildman–Crippen LogP) is 6.08. The number of carbonyl (C=O) groups is 3. The molecule has 208 valence electrons. The smallest absolute Gasteiger partial charge is 0.331 e. The maximum atomic E-state index is 13.3. The van der Waals surface area contributed by atoms with Crippen LogP contribution in [0.1, 0.15) is 42.5 Å². The van der Waals surface area contributed by atoms with Crippen LogP contribution in [-0.4, -0.2) is 36.0 Å². The highest BCUT2D eigenvalue weighted by molar-refractivity contribution is 6.33. The summed E-state index contributed by atoms with van der Waals surface area (Å²) in [5, 5.41) is 2.57. The summed E-state index contributed by atoms with van der Waals surface area (Å²) in [4.78, 5) is 39.4. The van der Waals surface area contributed by atoms with Crippen LogP contribution in [0, 0.1) is 6.92 Å². The topological polar surface area (TPSA) is 94.2 Å². The highest BCUT2D eigenvalue weighted by Gasteiger charge is 2.35. The van der Waals surface area contributed by atoms with Crippen molar-refractivity contribution in [3.8, 4) is 17.2 Å². The molecule has 40 heavy (non-hydrogen) atoms. The van der Waals surface area contributed by atoms with E-state index in [0.29, 0.717) is 53.2 Å². The fourth-order valence-corrected chi connectivity index (χ4v) is 4.25. The van der Waals surface area contributed by atoms with Crippen molar-refractivity contribution in [2.24, 2.45) is 0 Å². The van der Waals surface area contributed by atoms with Crippen LogP contribution >= 0.6 is 11.6 Å². The van der Waals surface area contributed by atoms with Crippen LogP contribution in [0.2, 0.25) is 5.02 Å². The monoisotopic (exact) mass is 562 g/mol. The minimum atomic E-state index is -0.797. The number of urea groups is 1. The van der Waals surface area contributed by atoms with E-state index >= 15 is 0 Å². The number of hydrogen-bond acceptors (Lipinski definition) is 6. The lowest BCUT2D eigenvalue weighted by molar-refractivity contribution is -0.130. The Labute approximate surface area is 238 Å². The first-order chi connectivity index (χ1) is 19.3. The number of halogens is 1. The molecule has 3 aromatic rings. The molecule has 0 aliphatic carbocycles. The van der Waals surface area contributed by atoms with Crippen molar-refractivity contribution < 1.29 is 28.6 Å². The van der Waals surface area contributed by atoms with E-state index in [-0.39, 0.29) is 12.1 Å². The van der Waals surface area contributed by atoms with Crippen molar-refractivity contribution in [1.82, 2.24) is 10.2 Å². The molecular formula is C31H31ClN2O6. The fraction of sp³-hybridized carbons (Fsp3) is 0.258. The minimum absolute atomic E-state index is 0.0596. The Morgan fingerprint density at radius 2 is 1.57 bits per heavy atom. The number of nitrogens with zero attached hydrogens (tertiary/aromatic N) is 1. The van der Waals surface area contributed by atoms with Gasteiger partial charge in [0.05, 0.1) is 24.8 Å². The van der Waals surface area contributed by atoms with Crippen LogP contribution in [0.15, 0.2) is 66.2 Å². The van der Waals surface area contributed by atoms with Crippen LogP contribution in [0.3, 0.4) is 0 Å². The largest absolute Gasteiger partial charge is 0.490 e. The SMILES string of the molecule is CCCOc1ccc(CN2C(=O)NC(=O)/C(=C\c3ccc(OCc4ccc(C)cc4)c(Cl)c3)C2=O)cc1OCC. The molecule has 1 aliphatic rings. The molecule has 4 amide bonds. The van der Waals surface area contributed by atoms with Gasteiger partial charge in [-0.3, -0.25) is 19.8 Å². The lowest BCUT2D eigenvalue weighted by Gasteiger charge is -2.26. The number of rotatable bonds is 11. The van der Waals surface area contributed by atoms with E-state index in [1.54, 1.807) is 36.4 Å². The zero-order valence-electron chi connectivity index (χ0n) is 22.7. The van der Waals surface area contributed by atoms with Gasteiger partial charge in [0.1, 0.15) is 17.9 Å². The van der Waals surface area contributed by atoms with Gasteiger partial charge < -0.3 is 14.2 Å². The third-order valence-electron chi connectivity index (χ3n) is 6.08. The number of nitrogens with one attached hydrogen (secondary N) is 1. The summed E-state index contributed by atoms with van der Waals surface area (Å²) in [7, 11) is 0. The first-order valence-corrected chi connectivity index (χ1v) is 13.4. The van der Waals surface area contributed by atoms with Gasteiger partial charge in [-0.2, -0.15) is 0 Å².